The number of aryl methyl sites for hydroxylation is 2. The van der Waals surface area contributed by atoms with Crippen LogP contribution in [0.3, 0.4) is 0 Å². The summed E-state index contributed by atoms with van der Waals surface area (Å²) >= 11 is 5.13. The topological polar surface area (TPSA) is 45.8 Å². The van der Waals surface area contributed by atoms with Gasteiger partial charge in [-0.15, -0.1) is 11.3 Å². The van der Waals surface area contributed by atoms with E-state index < -0.39 is 0 Å². The highest BCUT2D eigenvalue weighted by molar-refractivity contribution is 9.10. The third kappa shape index (κ3) is 1.87. The molecule has 17 heavy (non-hydrogen) atoms. The number of rotatable bonds is 1. The normalized spacial score (nSPS) is 14.0. The Morgan fingerprint density at radius 3 is 3.00 bits per heavy atom. The smallest absolute Gasteiger partial charge is 0.254 e. The number of hydrogen-bond donors (Lipinski definition) is 1. The minimum Gasteiger partial charge on any atom is -0.306 e. The van der Waals surface area contributed by atoms with Crippen molar-refractivity contribution in [2.45, 2.75) is 26.2 Å². The summed E-state index contributed by atoms with van der Waals surface area (Å²) in [6.45, 7) is 2.05. The van der Waals surface area contributed by atoms with Gasteiger partial charge in [-0.3, -0.25) is 4.79 Å². The highest BCUT2D eigenvalue weighted by Gasteiger charge is 2.18. The molecule has 2 aromatic heterocycles. The van der Waals surface area contributed by atoms with Gasteiger partial charge in [-0.2, -0.15) is 0 Å². The standard InChI is InChI=1S/C12H11BrN2OS/c1-6-8(13)5-10(17-6)11-14-9-4-2-3-7(9)12(16)15-11/h5H,2-4H2,1H3,(H,14,15,16). The molecule has 0 fully saturated rings. The number of thiophene rings is 1. The number of nitrogens with one attached hydrogen (secondary N) is 1. The Balaban J connectivity index is 2.16. The molecule has 0 unspecified atom stereocenters. The molecule has 2 heterocycles. The zero-order valence-electron chi connectivity index (χ0n) is 9.34. The molecule has 0 saturated carbocycles. The van der Waals surface area contributed by atoms with E-state index in [4.69, 9.17) is 0 Å². The highest BCUT2D eigenvalue weighted by Crippen LogP contribution is 2.32. The Labute approximate surface area is 111 Å². The fraction of sp³-hybridized carbons (Fsp3) is 0.333. The number of nitrogens with zero attached hydrogens (tertiary/aromatic N) is 1. The van der Waals surface area contributed by atoms with Crippen molar-refractivity contribution in [2.24, 2.45) is 0 Å². The summed E-state index contributed by atoms with van der Waals surface area (Å²) < 4.78 is 1.07. The Kier molecular flexibility index (Phi) is 2.67. The molecule has 1 N–H and O–H groups in total. The van der Waals surface area contributed by atoms with E-state index >= 15 is 0 Å². The lowest BCUT2D eigenvalue weighted by Gasteiger charge is -2.01. The summed E-state index contributed by atoms with van der Waals surface area (Å²) in [4.78, 5) is 21.6. The van der Waals surface area contributed by atoms with Crippen LogP contribution in [-0.2, 0) is 12.8 Å². The van der Waals surface area contributed by atoms with E-state index in [0.717, 1.165) is 39.9 Å². The Hall–Kier alpha value is -0.940. The zero-order valence-corrected chi connectivity index (χ0v) is 11.7. The summed E-state index contributed by atoms with van der Waals surface area (Å²) in [5, 5.41) is 0. The molecule has 0 amide bonds. The van der Waals surface area contributed by atoms with E-state index in [0.29, 0.717) is 5.82 Å². The minimum atomic E-state index is 0.0321. The first-order valence-corrected chi connectivity index (χ1v) is 7.14. The second-order valence-electron chi connectivity index (χ2n) is 4.21. The lowest BCUT2D eigenvalue weighted by Crippen LogP contribution is -2.14. The van der Waals surface area contributed by atoms with Crippen LogP contribution in [0.5, 0.6) is 0 Å². The third-order valence-electron chi connectivity index (χ3n) is 3.03. The van der Waals surface area contributed by atoms with Crippen molar-refractivity contribution in [3.05, 3.63) is 37.0 Å². The SMILES string of the molecule is Cc1sc(-c2nc3c(c(=O)[nH]2)CCC3)cc1Br. The van der Waals surface area contributed by atoms with E-state index in [1.54, 1.807) is 11.3 Å². The quantitative estimate of drug-likeness (QED) is 0.880. The van der Waals surface area contributed by atoms with Crippen LogP contribution in [0, 0.1) is 6.92 Å². The maximum Gasteiger partial charge on any atom is 0.254 e. The third-order valence-corrected chi connectivity index (χ3v) is 5.18. The van der Waals surface area contributed by atoms with Gasteiger partial charge < -0.3 is 4.98 Å². The Bertz CT molecular complexity index is 625. The van der Waals surface area contributed by atoms with Crippen LogP contribution < -0.4 is 5.56 Å². The molecule has 0 spiro atoms. The van der Waals surface area contributed by atoms with Crippen LogP contribution in [0.4, 0.5) is 0 Å². The maximum absolute atomic E-state index is 11.9. The van der Waals surface area contributed by atoms with Crippen LogP contribution in [-0.4, -0.2) is 9.97 Å². The van der Waals surface area contributed by atoms with Gasteiger partial charge in [-0.05, 0) is 48.2 Å². The van der Waals surface area contributed by atoms with Crippen molar-refractivity contribution in [1.82, 2.24) is 9.97 Å². The van der Waals surface area contributed by atoms with Crippen LogP contribution >= 0.6 is 27.3 Å². The highest BCUT2D eigenvalue weighted by atomic mass is 79.9. The average molecular weight is 311 g/mol. The summed E-state index contributed by atoms with van der Waals surface area (Å²) in [6.07, 6.45) is 2.84. The molecule has 3 nitrogen and oxygen atoms in total. The molecule has 0 bridgehead atoms. The summed E-state index contributed by atoms with van der Waals surface area (Å²) in [5.74, 6) is 0.703. The van der Waals surface area contributed by atoms with Crippen molar-refractivity contribution < 1.29 is 0 Å². The van der Waals surface area contributed by atoms with E-state index in [1.165, 1.54) is 4.88 Å². The molecule has 0 radical (unpaired) electrons. The fourth-order valence-electron chi connectivity index (χ4n) is 2.13. The van der Waals surface area contributed by atoms with Gasteiger partial charge >= 0.3 is 0 Å². The van der Waals surface area contributed by atoms with E-state index in [9.17, 15) is 4.79 Å². The first-order valence-electron chi connectivity index (χ1n) is 5.53. The number of aromatic amines is 1. The molecule has 0 aromatic carbocycles. The molecule has 88 valence electrons. The van der Waals surface area contributed by atoms with Crippen LogP contribution in [0.15, 0.2) is 15.3 Å². The monoisotopic (exact) mass is 310 g/mol. The minimum absolute atomic E-state index is 0.0321. The van der Waals surface area contributed by atoms with Gasteiger partial charge in [0.1, 0.15) is 0 Å². The van der Waals surface area contributed by atoms with E-state index in [2.05, 4.69) is 25.9 Å². The van der Waals surface area contributed by atoms with Crippen molar-refractivity contribution in [1.29, 1.82) is 0 Å². The molecule has 1 aliphatic rings. The fourth-order valence-corrected chi connectivity index (χ4v) is 3.61. The van der Waals surface area contributed by atoms with Gasteiger partial charge in [0.2, 0.25) is 0 Å². The number of aromatic nitrogens is 2. The Morgan fingerprint density at radius 2 is 2.29 bits per heavy atom. The Morgan fingerprint density at radius 1 is 1.47 bits per heavy atom. The number of halogens is 1. The van der Waals surface area contributed by atoms with Crippen LogP contribution in [0.25, 0.3) is 10.7 Å². The molecule has 0 saturated heterocycles. The predicted octanol–water partition coefficient (Wildman–Crippen LogP) is 3.06. The molecule has 1 aliphatic carbocycles. The first-order chi connectivity index (χ1) is 8.15. The molecular weight excluding hydrogens is 300 g/mol. The van der Waals surface area contributed by atoms with E-state index in [-0.39, 0.29) is 5.56 Å². The average Bonchev–Trinajstić information content (AvgIpc) is 2.87. The van der Waals surface area contributed by atoms with Gasteiger partial charge in [0.25, 0.3) is 5.56 Å². The maximum atomic E-state index is 11.9. The van der Waals surface area contributed by atoms with Gasteiger partial charge in [0.15, 0.2) is 5.82 Å². The molecule has 0 atom stereocenters. The van der Waals surface area contributed by atoms with Gasteiger partial charge in [-0.1, -0.05) is 0 Å². The summed E-state index contributed by atoms with van der Waals surface area (Å²) in [6, 6.07) is 2.01. The second kappa shape index (κ2) is 4.07. The van der Waals surface area contributed by atoms with Crippen molar-refractivity contribution in [3.63, 3.8) is 0 Å². The van der Waals surface area contributed by atoms with Crippen molar-refractivity contribution >= 4 is 27.3 Å². The lowest BCUT2D eigenvalue weighted by molar-refractivity contribution is 0.899. The van der Waals surface area contributed by atoms with Gasteiger partial charge in [0, 0.05) is 14.9 Å². The van der Waals surface area contributed by atoms with Gasteiger partial charge in [0.05, 0.1) is 10.6 Å². The number of H-pyrrole nitrogens is 1. The first kappa shape index (κ1) is 11.2. The predicted molar refractivity (Wildman–Crippen MR) is 72.6 cm³/mol. The van der Waals surface area contributed by atoms with Crippen LogP contribution in [0.1, 0.15) is 22.6 Å². The van der Waals surface area contributed by atoms with Gasteiger partial charge in [-0.25, -0.2) is 4.98 Å². The molecular formula is C12H11BrN2OS. The largest absolute Gasteiger partial charge is 0.306 e. The molecule has 2 aromatic rings. The number of hydrogen-bond acceptors (Lipinski definition) is 3. The zero-order chi connectivity index (χ0) is 12.0. The van der Waals surface area contributed by atoms with E-state index in [1.807, 2.05) is 13.0 Å². The summed E-state index contributed by atoms with van der Waals surface area (Å²) in [7, 11) is 0. The number of fused-ring (bicyclic) bond motifs is 1. The molecule has 5 heteroatoms. The molecule has 0 aliphatic heterocycles. The van der Waals surface area contributed by atoms with Crippen molar-refractivity contribution in [3.8, 4) is 10.7 Å². The van der Waals surface area contributed by atoms with Crippen molar-refractivity contribution in [2.75, 3.05) is 0 Å². The molecule has 3 rings (SSSR count). The van der Waals surface area contributed by atoms with Crippen LogP contribution in [0.2, 0.25) is 0 Å². The summed E-state index contributed by atoms with van der Waals surface area (Å²) in [5.41, 5.74) is 1.89. The second-order valence-corrected chi connectivity index (χ2v) is 6.32. The lowest BCUT2D eigenvalue weighted by atomic mass is 10.2.